The van der Waals surface area contributed by atoms with Crippen molar-refractivity contribution in [3.63, 3.8) is 0 Å². The van der Waals surface area contributed by atoms with E-state index in [9.17, 15) is 0 Å². The highest BCUT2D eigenvalue weighted by Gasteiger charge is 2.18. The van der Waals surface area contributed by atoms with Gasteiger partial charge in [-0.05, 0) is 63.5 Å². The lowest BCUT2D eigenvalue weighted by atomic mass is 10.00. The molecule has 0 aliphatic carbocycles. The Kier molecular flexibility index (Phi) is 4.19. The molecule has 1 aliphatic rings. The maximum absolute atomic E-state index is 3.43. The molecule has 94 valence electrons. The molecule has 0 bridgehead atoms. The predicted octanol–water partition coefficient (Wildman–Crippen LogP) is 2.49. The number of aryl methyl sites for hydroxylation is 2. The second-order valence-electron chi connectivity index (χ2n) is 5.27. The molecule has 0 amide bonds. The summed E-state index contributed by atoms with van der Waals surface area (Å²) in [6.07, 6.45) is 2.56. The van der Waals surface area contributed by atoms with Crippen LogP contribution in [0, 0.1) is 13.8 Å². The third kappa shape index (κ3) is 3.08. The maximum atomic E-state index is 3.43. The summed E-state index contributed by atoms with van der Waals surface area (Å²) in [5, 5.41) is 3.43. The lowest BCUT2D eigenvalue weighted by molar-refractivity contribution is 0.191. The van der Waals surface area contributed by atoms with Gasteiger partial charge in [0.05, 0.1) is 0 Å². The van der Waals surface area contributed by atoms with Gasteiger partial charge < -0.3 is 5.32 Å². The van der Waals surface area contributed by atoms with E-state index >= 15 is 0 Å². The maximum Gasteiger partial charge on any atom is 0.0238 e. The van der Waals surface area contributed by atoms with Crippen LogP contribution in [0.3, 0.4) is 0 Å². The Labute approximate surface area is 105 Å². The summed E-state index contributed by atoms with van der Waals surface area (Å²) in [4.78, 5) is 2.52. The Hall–Kier alpha value is -0.860. The van der Waals surface area contributed by atoms with Crippen molar-refractivity contribution < 1.29 is 0 Å². The monoisotopic (exact) mass is 232 g/mol. The summed E-state index contributed by atoms with van der Waals surface area (Å²) in [7, 11) is 2.27. The molecular weight excluding hydrogens is 208 g/mol. The number of hydrogen-bond acceptors (Lipinski definition) is 2. The smallest absolute Gasteiger partial charge is 0.0238 e. The van der Waals surface area contributed by atoms with E-state index < -0.39 is 0 Å². The van der Waals surface area contributed by atoms with Crippen molar-refractivity contribution in [2.45, 2.75) is 39.3 Å². The largest absolute Gasteiger partial charge is 0.317 e. The highest BCUT2D eigenvalue weighted by Crippen LogP contribution is 2.18. The van der Waals surface area contributed by atoms with Crippen LogP contribution in [0.5, 0.6) is 0 Å². The number of hydrogen-bond donors (Lipinski definition) is 1. The van der Waals surface area contributed by atoms with Crippen LogP contribution in [-0.4, -0.2) is 31.1 Å². The summed E-state index contributed by atoms with van der Waals surface area (Å²) >= 11 is 0. The fourth-order valence-corrected chi connectivity index (χ4v) is 2.72. The van der Waals surface area contributed by atoms with Gasteiger partial charge in [-0.15, -0.1) is 0 Å². The summed E-state index contributed by atoms with van der Waals surface area (Å²) in [5.74, 6) is 0. The molecule has 0 saturated carbocycles. The van der Waals surface area contributed by atoms with Crippen LogP contribution in [0.4, 0.5) is 0 Å². The Morgan fingerprint density at radius 1 is 1.18 bits per heavy atom. The van der Waals surface area contributed by atoms with Gasteiger partial charge in [0.15, 0.2) is 0 Å². The van der Waals surface area contributed by atoms with E-state index in [0.717, 1.165) is 12.6 Å². The molecule has 1 heterocycles. The van der Waals surface area contributed by atoms with Crippen LogP contribution in [0.1, 0.15) is 29.5 Å². The lowest BCUT2D eigenvalue weighted by Gasteiger charge is -2.32. The summed E-state index contributed by atoms with van der Waals surface area (Å²) in [5.41, 5.74) is 4.35. The first-order valence-corrected chi connectivity index (χ1v) is 6.64. The Morgan fingerprint density at radius 2 is 1.76 bits per heavy atom. The molecule has 2 rings (SSSR count). The average Bonchev–Trinajstić information content (AvgIpc) is 2.35. The predicted molar refractivity (Wildman–Crippen MR) is 73.3 cm³/mol. The fraction of sp³-hybridized carbons (Fsp3) is 0.600. The molecule has 0 aromatic heterocycles. The van der Waals surface area contributed by atoms with E-state index in [-0.39, 0.29) is 0 Å². The number of rotatable bonds is 3. The first kappa shape index (κ1) is 12.6. The van der Waals surface area contributed by atoms with Crippen LogP contribution >= 0.6 is 0 Å². The molecule has 2 heteroatoms. The first-order valence-electron chi connectivity index (χ1n) is 6.64. The Bertz CT molecular complexity index is 347. The van der Waals surface area contributed by atoms with Crippen LogP contribution in [0.2, 0.25) is 0 Å². The van der Waals surface area contributed by atoms with Crippen LogP contribution in [-0.2, 0) is 6.54 Å². The zero-order valence-corrected chi connectivity index (χ0v) is 11.3. The van der Waals surface area contributed by atoms with E-state index in [2.05, 4.69) is 49.3 Å². The SMILES string of the molecule is Cc1cccc(C)c1CN(C)C1CCNCC1. The van der Waals surface area contributed by atoms with Gasteiger partial charge in [-0.3, -0.25) is 4.90 Å². The van der Waals surface area contributed by atoms with Gasteiger partial charge in [0.2, 0.25) is 0 Å². The molecule has 1 aromatic carbocycles. The normalized spacial score (nSPS) is 17.6. The van der Waals surface area contributed by atoms with Crippen molar-refractivity contribution in [2.75, 3.05) is 20.1 Å². The van der Waals surface area contributed by atoms with Gasteiger partial charge in [-0.1, -0.05) is 18.2 Å². The molecule has 0 spiro atoms. The molecule has 0 radical (unpaired) electrons. The molecule has 0 atom stereocenters. The van der Waals surface area contributed by atoms with Crippen molar-refractivity contribution in [1.82, 2.24) is 10.2 Å². The van der Waals surface area contributed by atoms with Crippen LogP contribution < -0.4 is 5.32 Å². The molecule has 0 unspecified atom stereocenters. The molecule has 1 aliphatic heterocycles. The second kappa shape index (κ2) is 5.65. The van der Waals surface area contributed by atoms with E-state index in [0.29, 0.717) is 0 Å². The lowest BCUT2D eigenvalue weighted by Crippen LogP contribution is -2.40. The number of piperidine rings is 1. The van der Waals surface area contributed by atoms with E-state index in [1.165, 1.54) is 42.6 Å². The molecule has 17 heavy (non-hydrogen) atoms. The minimum atomic E-state index is 0.746. The van der Waals surface area contributed by atoms with Crippen LogP contribution in [0.25, 0.3) is 0 Å². The van der Waals surface area contributed by atoms with Crippen molar-refractivity contribution in [3.8, 4) is 0 Å². The minimum Gasteiger partial charge on any atom is -0.317 e. The number of nitrogens with zero attached hydrogens (tertiary/aromatic N) is 1. The van der Waals surface area contributed by atoms with Gasteiger partial charge in [-0.2, -0.15) is 0 Å². The van der Waals surface area contributed by atoms with E-state index in [1.54, 1.807) is 0 Å². The first-order chi connectivity index (χ1) is 8.18. The minimum absolute atomic E-state index is 0.746. The molecule has 1 N–H and O–H groups in total. The highest BCUT2D eigenvalue weighted by molar-refractivity contribution is 5.33. The molecule has 2 nitrogen and oxygen atoms in total. The van der Waals surface area contributed by atoms with E-state index in [1.807, 2.05) is 0 Å². The van der Waals surface area contributed by atoms with E-state index in [4.69, 9.17) is 0 Å². The third-order valence-electron chi connectivity index (χ3n) is 3.98. The summed E-state index contributed by atoms with van der Waals surface area (Å²) in [6.45, 7) is 7.86. The topological polar surface area (TPSA) is 15.3 Å². The molecule has 1 saturated heterocycles. The Balaban J connectivity index is 2.04. The summed E-state index contributed by atoms with van der Waals surface area (Å²) in [6, 6.07) is 7.34. The van der Waals surface area contributed by atoms with Crippen molar-refractivity contribution >= 4 is 0 Å². The number of benzene rings is 1. The highest BCUT2D eigenvalue weighted by atomic mass is 15.1. The second-order valence-corrected chi connectivity index (χ2v) is 5.27. The van der Waals surface area contributed by atoms with Gasteiger partial charge in [0.1, 0.15) is 0 Å². The van der Waals surface area contributed by atoms with Gasteiger partial charge >= 0.3 is 0 Å². The van der Waals surface area contributed by atoms with Gasteiger partial charge in [0.25, 0.3) is 0 Å². The molecular formula is C15H24N2. The zero-order chi connectivity index (χ0) is 12.3. The van der Waals surface area contributed by atoms with Gasteiger partial charge in [0, 0.05) is 12.6 Å². The van der Waals surface area contributed by atoms with Crippen LogP contribution in [0.15, 0.2) is 18.2 Å². The zero-order valence-electron chi connectivity index (χ0n) is 11.3. The van der Waals surface area contributed by atoms with Crippen molar-refractivity contribution in [2.24, 2.45) is 0 Å². The van der Waals surface area contributed by atoms with Crippen molar-refractivity contribution in [3.05, 3.63) is 34.9 Å². The fourth-order valence-electron chi connectivity index (χ4n) is 2.72. The third-order valence-corrected chi connectivity index (χ3v) is 3.98. The summed E-state index contributed by atoms with van der Waals surface area (Å²) < 4.78 is 0. The standard InChI is InChI=1S/C15H24N2/c1-12-5-4-6-13(2)15(12)11-17(3)14-7-9-16-10-8-14/h4-6,14,16H,7-11H2,1-3H3. The van der Waals surface area contributed by atoms with Crippen molar-refractivity contribution in [1.29, 1.82) is 0 Å². The average molecular weight is 232 g/mol. The quantitative estimate of drug-likeness (QED) is 0.861. The number of nitrogens with one attached hydrogen (secondary N) is 1. The van der Waals surface area contributed by atoms with Gasteiger partial charge in [-0.25, -0.2) is 0 Å². The molecule has 1 aromatic rings. The molecule has 1 fully saturated rings. The Morgan fingerprint density at radius 3 is 2.35 bits per heavy atom.